The Labute approximate surface area is 266 Å². The van der Waals surface area contributed by atoms with Crippen LogP contribution in [0.5, 0.6) is 11.5 Å². The van der Waals surface area contributed by atoms with Gasteiger partial charge in [-0.3, -0.25) is 9.78 Å². The van der Waals surface area contributed by atoms with E-state index in [0.717, 1.165) is 11.5 Å². The van der Waals surface area contributed by atoms with Gasteiger partial charge in [-0.1, -0.05) is 45.3 Å². The van der Waals surface area contributed by atoms with Crippen LogP contribution in [0.1, 0.15) is 17.5 Å². The van der Waals surface area contributed by atoms with Gasteiger partial charge in [-0.05, 0) is 47.9 Å². The van der Waals surface area contributed by atoms with E-state index >= 15 is 0 Å². The number of anilines is 3. The molecule has 1 unspecified atom stereocenters. The molecule has 0 bridgehead atoms. The van der Waals surface area contributed by atoms with Crippen LogP contribution in [-0.2, 0) is 11.4 Å². The number of hydrogen-bond donors (Lipinski definition) is 4. The number of nitriles is 1. The Morgan fingerprint density at radius 3 is 2.70 bits per heavy atom. The summed E-state index contributed by atoms with van der Waals surface area (Å²) in [4.78, 5) is 17.4. The van der Waals surface area contributed by atoms with Gasteiger partial charge in [-0.15, -0.1) is 0 Å². The second-order valence-corrected chi connectivity index (χ2v) is 13.0. The third-order valence-electron chi connectivity index (χ3n) is 6.66. The molecule has 0 aliphatic carbocycles. The van der Waals surface area contributed by atoms with E-state index in [9.17, 15) is 24.7 Å². The van der Waals surface area contributed by atoms with Gasteiger partial charge in [0.05, 0.1) is 34.1 Å². The van der Waals surface area contributed by atoms with Crippen molar-refractivity contribution in [2.75, 3.05) is 35.4 Å². The van der Waals surface area contributed by atoms with Gasteiger partial charge in [0, 0.05) is 41.3 Å². The van der Waals surface area contributed by atoms with E-state index in [1.807, 2.05) is 0 Å². The molecule has 3 aromatic carbocycles. The number of carbonyl (C=O) groups is 1. The Morgan fingerprint density at radius 2 is 1.98 bits per heavy atom. The van der Waals surface area contributed by atoms with Gasteiger partial charge in [0.1, 0.15) is 42.7 Å². The number of ether oxygens (including phenoxy) is 2. The summed E-state index contributed by atoms with van der Waals surface area (Å²) in [6.07, 6.45) is 0.645. The van der Waals surface area contributed by atoms with Crippen LogP contribution < -0.4 is 20.1 Å². The molecule has 5 rings (SSSR count). The summed E-state index contributed by atoms with van der Waals surface area (Å²) in [5.74, 6) is 2.15. The summed E-state index contributed by atoms with van der Waals surface area (Å²) < 4.78 is 25.1. The minimum atomic E-state index is -1.11. The number of aliphatic hydroxyl groups is 2. The van der Waals surface area contributed by atoms with E-state index in [0.29, 0.717) is 50.7 Å². The van der Waals surface area contributed by atoms with Crippen molar-refractivity contribution in [1.82, 2.24) is 4.98 Å². The Hall–Kier alpha value is -3.73. The average Bonchev–Trinajstić information content (AvgIpc) is 3.52. The molecule has 2 heterocycles. The van der Waals surface area contributed by atoms with Crippen LogP contribution in [0.2, 0.25) is 5.02 Å². The molecule has 1 amide bonds. The van der Waals surface area contributed by atoms with E-state index in [1.165, 1.54) is 18.3 Å². The van der Waals surface area contributed by atoms with Crippen LogP contribution in [0.25, 0.3) is 10.9 Å². The summed E-state index contributed by atoms with van der Waals surface area (Å²) in [7, 11) is 3.49. The molecule has 1 aliphatic rings. The Balaban J connectivity index is 1.43. The highest BCUT2D eigenvalue weighted by molar-refractivity contribution is 8.77. The molecule has 1 aliphatic heterocycles. The van der Waals surface area contributed by atoms with Gasteiger partial charge in [-0.2, -0.15) is 5.26 Å². The van der Waals surface area contributed by atoms with Crippen LogP contribution in [0.15, 0.2) is 60.8 Å². The number of amides is 1. The molecule has 0 radical (unpaired) electrons. The maximum absolute atomic E-state index is 13.5. The maximum Gasteiger partial charge on any atom is 0.224 e. The molecular formula is C31H28ClFN4O5S2. The Bertz CT molecular complexity index is 1700. The highest BCUT2D eigenvalue weighted by atomic mass is 35.5. The highest BCUT2D eigenvalue weighted by Crippen LogP contribution is 2.39. The zero-order valence-electron chi connectivity index (χ0n) is 23.3. The number of fused-ring (bicyclic) bond motifs is 1. The fourth-order valence-electron chi connectivity index (χ4n) is 4.44. The number of halogens is 2. The predicted octanol–water partition coefficient (Wildman–Crippen LogP) is 6.29. The molecule has 1 aromatic heterocycles. The van der Waals surface area contributed by atoms with Crippen LogP contribution in [-0.4, -0.2) is 51.9 Å². The summed E-state index contributed by atoms with van der Waals surface area (Å²) >= 11 is 6.51. The number of carbonyl (C=O) groups excluding carboxylic acids is 1. The van der Waals surface area contributed by atoms with Crippen molar-refractivity contribution in [2.24, 2.45) is 5.92 Å². The first-order valence-corrected chi connectivity index (χ1v) is 16.5. The SMILES string of the molecule is N#Cc1cnc2cc(OCC(O)CO)c(NC(=O)CC3CSSC3)cc2c1Nc1ccc(OCc2cccc(F)c2)c(Cl)c1. The first-order chi connectivity index (χ1) is 21.3. The number of aliphatic hydroxyl groups excluding tert-OH is 2. The third kappa shape index (κ3) is 8.05. The Kier molecular flexibility index (Phi) is 10.7. The molecule has 1 atom stereocenters. The number of nitrogens with zero attached hydrogens (tertiary/aromatic N) is 2. The standard InChI is InChI=1S/C31H28ClFN4O5S2/c32-25-8-22(4-5-28(25)41-14-18-2-1-3-21(33)6-18)36-31-20(11-34)12-35-26-10-29(42-15-23(39)13-38)27(9-24(26)31)37-30(40)7-19-16-43-44-17-19/h1-6,8-10,12,19,23,38-39H,7,13-17H2,(H,35,36)(H,37,40). The first-order valence-electron chi connectivity index (χ1n) is 13.6. The van der Waals surface area contributed by atoms with Crippen molar-refractivity contribution in [3.8, 4) is 17.6 Å². The first kappa shape index (κ1) is 31.7. The van der Waals surface area contributed by atoms with Crippen molar-refractivity contribution in [2.45, 2.75) is 19.1 Å². The van der Waals surface area contributed by atoms with Gasteiger partial charge < -0.3 is 30.3 Å². The molecule has 1 saturated heterocycles. The van der Waals surface area contributed by atoms with E-state index in [2.05, 4.69) is 21.7 Å². The van der Waals surface area contributed by atoms with Crippen molar-refractivity contribution >= 4 is 67.1 Å². The van der Waals surface area contributed by atoms with Gasteiger partial charge in [-0.25, -0.2) is 4.39 Å². The van der Waals surface area contributed by atoms with E-state index in [1.54, 1.807) is 64.1 Å². The zero-order chi connectivity index (χ0) is 31.1. The predicted molar refractivity (Wildman–Crippen MR) is 172 cm³/mol. The lowest BCUT2D eigenvalue weighted by molar-refractivity contribution is -0.116. The normalized spacial score (nSPS) is 13.8. The molecule has 9 nitrogen and oxygen atoms in total. The fourth-order valence-corrected chi connectivity index (χ4v) is 7.61. The fraction of sp³-hybridized carbons (Fsp3) is 0.258. The molecule has 44 heavy (non-hydrogen) atoms. The molecule has 228 valence electrons. The maximum atomic E-state index is 13.5. The smallest absolute Gasteiger partial charge is 0.224 e. The minimum absolute atomic E-state index is 0.129. The summed E-state index contributed by atoms with van der Waals surface area (Å²) in [6.45, 7) is -0.555. The van der Waals surface area contributed by atoms with Gasteiger partial charge in [0.15, 0.2) is 0 Å². The van der Waals surface area contributed by atoms with E-state index < -0.39 is 12.7 Å². The lowest BCUT2D eigenvalue weighted by Crippen LogP contribution is -2.22. The van der Waals surface area contributed by atoms with E-state index in [4.69, 9.17) is 21.1 Å². The number of rotatable bonds is 12. The van der Waals surface area contributed by atoms with Crippen LogP contribution >= 0.6 is 33.2 Å². The van der Waals surface area contributed by atoms with Gasteiger partial charge >= 0.3 is 0 Å². The van der Waals surface area contributed by atoms with Crippen LogP contribution in [0, 0.1) is 23.1 Å². The monoisotopic (exact) mass is 654 g/mol. The number of aromatic nitrogens is 1. The summed E-state index contributed by atoms with van der Waals surface area (Å²) in [5, 5.41) is 36.0. The molecule has 4 aromatic rings. The van der Waals surface area contributed by atoms with Crippen molar-refractivity contribution in [3.05, 3.63) is 82.8 Å². The van der Waals surface area contributed by atoms with Crippen molar-refractivity contribution in [1.29, 1.82) is 5.26 Å². The molecule has 13 heteroatoms. The average molecular weight is 655 g/mol. The van der Waals surface area contributed by atoms with E-state index in [-0.39, 0.29) is 42.2 Å². The lowest BCUT2D eigenvalue weighted by atomic mass is 10.1. The van der Waals surface area contributed by atoms with Gasteiger partial charge in [0.25, 0.3) is 0 Å². The molecule has 0 saturated carbocycles. The topological polar surface area (TPSA) is 137 Å². The minimum Gasteiger partial charge on any atom is -0.489 e. The number of pyridine rings is 1. The third-order valence-corrected chi connectivity index (χ3v) is 9.65. The van der Waals surface area contributed by atoms with Crippen molar-refractivity contribution < 1.29 is 28.9 Å². The lowest BCUT2D eigenvalue weighted by Gasteiger charge is -2.18. The zero-order valence-corrected chi connectivity index (χ0v) is 25.6. The Morgan fingerprint density at radius 1 is 1.16 bits per heavy atom. The number of benzene rings is 3. The largest absolute Gasteiger partial charge is 0.489 e. The molecule has 0 spiro atoms. The van der Waals surface area contributed by atoms with Gasteiger partial charge in [0.2, 0.25) is 5.91 Å². The van der Waals surface area contributed by atoms with Crippen LogP contribution in [0.4, 0.5) is 21.5 Å². The number of hydrogen-bond acceptors (Lipinski definition) is 10. The van der Waals surface area contributed by atoms with Crippen LogP contribution in [0.3, 0.4) is 0 Å². The highest BCUT2D eigenvalue weighted by Gasteiger charge is 2.22. The summed E-state index contributed by atoms with van der Waals surface area (Å²) in [6, 6.07) is 16.6. The second-order valence-electron chi connectivity index (χ2n) is 10.0. The number of nitrogens with one attached hydrogen (secondary N) is 2. The second kappa shape index (κ2) is 14.8. The molecular weight excluding hydrogens is 627 g/mol. The quantitative estimate of drug-likeness (QED) is 0.129. The summed E-state index contributed by atoms with van der Waals surface area (Å²) in [5.41, 5.74) is 2.70. The van der Waals surface area contributed by atoms with Crippen molar-refractivity contribution in [3.63, 3.8) is 0 Å². The molecule has 1 fully saturated rings. The molecule has 4 N–H and O–H groups in total.